The van der Waals surface area contributed by atoms with E-state index in [1.807, 2.05) is 6.92 Å². The zero-order valence-electron chi connectivity index (χ0n) is 13.2. The molecular weight excluding hydrogens is 256 g/mol. The van der Waals surface area contributed by atoms with Crippen molar-refractivity contribution in [3.8, 4) is 0 Å². The average molecular weight is 286 g/mol. The first kappa shape index (κ1) is 17.4. The van der Waals surface area contributed by atoms with Crippen LogP contribution in [-0.2, 0) is 9.53 Å². The van der Waals surface area contributed by atoms with Gasteiger partial charge in [0, 0.05) is 13.2 Å². The van der Waals surface area contributed by atoms with Gasteiger partial charge in [-0.15, -0.1) is 0 Å². The molecule has 0 spiro atoms. The number of carbonyl (C=O) groups is 1. The highest BCUT2D eigenvalue weighted by atomic mass is 16.5. The van der Waals surface area contributed by atoms with E-state index in [1.165, 1.54) is 6.42 Å². The van der Waals surface area contributed by atoms with Crippen molar-refractivity contribution < 1.29 is 14.6 Å². The van der Waals surface area contributed by atoms with Gasteiger partial charge in [0.05, 0.1) is 6.61 Å². The van der Waals surface area contributed by atoms with E-state index in [2.05, 4.69) is 17.3 Å². The Bertz CT molecular complexity index is 287. The molecule has 0 aliphatic carbocycles. The van der Waals surface area contributed by atoms with Gasteiger partial charge in [-0.1, -0.05) is 6.92 Å². The van der Waals surface area contributed by atoms with Crippen molar-refractivity contribution in [1.82, 2.24) is 10.2 Å². The van der Waals surface area contributed by atoms with Crippen LogP contribution in [-0.4, -0.2) is 61.9 Å². The molecule has 0 aromatic carbocycles. The number of likely N-dealkylation sites (N-methyl/N-ethyl adjacent to an activating group) is 1. The van der Waals surface area contributed by atoms with Crippen LogP contribution in [0.1, 0.15) is 39.0 Å². The van der Waals surface area contributed by atoms with Gasteiger partial charge in [0.15, 0.2) is 0 Å². The van der Waals surface area contributed by atoms with E-state index in [0.29, 0.717) is 18.8 Å². The average Bonchev–Trinajstić information content (AvgIpc) is 2.44. The van der Waals surface area contributed by atoms with E-state index in [1.54, 1.807) is 7.05 Å². The number of rotatable bonds is 9. The summed E-state index contributed by atoms with van der Waals surface area (Å²) in [4.78, 5) is 13.7. The quantitative estimate of drug-likeness (QED) is 0.674. The molecule has 2 N–H and O–H groups in total. The standard InChI is InChI=1S/C15H30N2O3/c1-4-15(16-2,14(18)19)8-6-9-17(3)11-13-7-5-10-20-12-13/h13,16H,4-12H2,1-3H3,(H,18,19). The van der Waals surface area contributed by atoms with E-state index in [9.17, 15) is 9.90 Å². The number of nitrogens with zero attached hydrogens (tertiary/aromatic N) is 1. The van der Waals surface area contributed by atoms with Gasteiger partial charge in [0.2, 0.25) is 0 Å². The molecule has 20 heavy (non-hydrogen) atoms. The van der Waals surface area contributed by atoms with Gasteiger partial charge in [-0.3, -0.25) is 4.79 Å². The first-order valence-electron chi connectivity index (χ1n) is 7.72. The van der Waals surface area contributed by atoms with Crippen LogP contribution in [0.15, 0.2) is 0 Å². The smallest absolute Gasteiger partial charge is 0.323 e. The summed E-state index contributed by atoms with van der Waals surface area (Å²) in [6, 6.07) is 0. The molecule has 0 radical (unpaired) electrons. The van der Waals surface area contributed by atoms with Crippen molar-refractivity contribution in [3.05, 3.63) is 0 Å². The third-order valence-electron chi connectivity index (χ3n) is 4.46. The Kier molecular flexibility index (Phi) is 7.48. The fourth-order valence-corrected chi connectivity index (χ4v) is 2.98. The molecule has 0 bridgehead atoms. The number of carboxylic acid groups (broad SMARTS) is 1. The van der Waals surface area contributed by atoms with E-state index < -0.39 is 11.5 Å². The van der Waals surface area contributed by atoms with Crippen LogP contribution in [0, 0.1) is 5.92 Å². The number of ether oxygens (including phenoxy) is 1. The number of hydrogen-bond acceptors (Lipinski definition) is 4. The van der Waals surface area contributed by atoms with Crippen LogP contribution in [0.25, 0.3) is 0 Å². The summed E-state index contributed by atoms with van der Waals surface area (Å²) in [7, 11) is 3.85. The normalized spacial score (nSPS) is 22.7. The Morgan fingerprint density at radius 1 is 1.55 bits per heavy atom. The maximum atomic E-state index is 11.4. The lowest BCUT2D eigenvalue weighted by atomic mass is 9.90. The van der Waals surface area contributed by atoms with Crippen molar-refractivity contribution in [2.24, 2.45) is 5.92 Å². The maximum Gasteiger partial charge on any atom is 0.323 e. The summed E-state index contributed by atoms with van der Waals surface area (Å²) in [6.45, 7) is 5.68. The van der Waals surface area contributed by atoms with Gasteiger partial charge < -0.3 is 20.1 Å². The van der Waals surface area contributed by atoms with Crippen LogP contribution >= 0.6 is 0 Å². The second-order valence-corrected chi connectivity index (χ2v) is 5.94. The molecule has 1 fully saturated rings. The molecule has 1 rings (SSSR count). The van der Waals surface area contributed by atoms with Crippen molar-refractivity contribution >= 4 is 5.97 Å². The van der Waals surface area contributed by atoms with Crippen molar-refractivity contribution in [2.45, 2.75) is 44.6 Å². The molecule has 0 aromatic rings. The van der Waals surface area contributed by atoms with Crippen LogP contribution < -0.4 is 5.32 Å². The molecule has 5 heteroatoms. The van der Waals surface area contributed by atoms with Gasteiger partial charge in [0.1, 0.15) is 5.54 Å². The molecule has 1 aliphatic heterocycles. The topological polar surface area (TPSA) is 61.8 Å². The first-order valence-corrected chi connectivity index (χ1v) is 7.72. The fourth-order valence-electron chi connectivity index (χ4n) is 2.98. The van der Waals surface area contributed by atoms with Crippen molar-refractivity contribution in [3.63, 3.8) is 0 Å². The molecule has 0 amide bonds. The van der Waals surface area contributed by atoms with Gasteiger partial charge in [-0.05, 0) is 58.7 Å². The fraction of sp³-hybridized carbons (Fsp3) is 0.933. The first-order chi connectivity index (χ1) is 9.54. The highest BCUT2D eigenvalue weighted by Crippen LogP contribution is 2.19. The van der Waals surface area contributed by atoms with Crippen LogP contribution in [0.3, 0.4) is 0 Å². The monoisotopic (exact) mass is 286 g/mol. The molecular formula is C15H30N2O3. The highest BCUT2D eigenvalue weighted by Gasteiger charge is 2.34. The van der Waals surface area contributed by atoms with E-state index in [-0.39, 0.29) is 0 Å². The number of aliphatic carboxylic acids is 1. The van der Waals surface area contributed by atoms with Crippen molar-refractivity contribution in [1.29, 1.82) is 0 Å². The van der Waals surface area contributed by atoms with Gasteiger partial charge in [-0.2, -0.15) is 0 Å². The van der Waals surface area contributed by atoms with Crippen molar-refractivity contribution in [2.75, 3.05) is 40.4 Å². The summed E-state index contributed by atoms with van der Waals surface area (Å²) < 4.78 is 5.49. The Morgan fingerprint density at radius 3 is 2.80 bits per heavy atom. The third kappa shape index (κ3) is 5.04. The minimum absolute atomic E-state index is 0.610. The van der Waals surface area contributed by atoms with E-state index in [4.69, 9.17) is 4.74 Å². The molecule has 118 valence electrons. The Hall–Kier alpha value is -0.650. The zero-order valence-corrected chi connectivity index (χ0v) is 13.2. The molecule has 1 heterocycles. The Morgan fingerprint density at radius 2 is 2.30 bits per heavy atom. The molecule has 1 saturated heterocycles. The lowest BCUT2D eigenvalue weighted by Crippen LogP contribution is -2.50. The van der Waals surface area contributed by atoms with Gasteiger partial charge in [-0.25, -0.2) is 0 Å². The van der Waals surface area contributed by atoms with Crippen LogP contribution in [0.2, 0.25) is 0 Å². The number of carboxylic acids is 1. The molecule has 2 atom stereocenters. The minimum Gasteiger partial charge on any atom is -0.480 e. The lowest BCUT2D eigenvalue weighted by Gasteiger charge is -2.30. The summed E-state index contributed by atoms with van der Waals surface area (Å²) in [5.41, 5.74) is -0.769. The van der Waals surface area contributed by atoms with Gasteiger partial charge >= 0.3 is 5.97 Å². The van der Waals surface area contributed by atoms with Crippen LogP contribution in [0.4, 0.5) is 0 Å². The summed E-state index contributed by atoms with van der Waals surface area (Å²) in [5.74, 6) is -0.112. The van der Waals surface area contributed by atoms with Crippen LogP contribution in [0.5, 0.6) is 0 Å². The number of hydrogen-bond donors (Lipinski definition) is 2. The van der Waals surface area contributed by atoms with Gasteiger partial charge in [0.25, 0.3) is 0 Å². The molecule has 0 saturated carbocycles. The predicted octanol–water partition coefficient (Wildman–Crippen LogP) is 1.58. The molecule has 1 aliphatic rings. The minimum atomic E-state index is -0.769. The lowest BCUT2D eigenvalue weighted by molar-refractivity contribution is -0.145. The largest absolute Gasteiger partial charge is 0.480 e. The molecule has 2 unspecified atom stereocenters. The summed E-state index contributed by atoms with van der Waals surface area (Å²) in [5, 5.41) is 12.3. The van der Waals surface area contributed by atoms with E-state index >= 15 is 0 Å². The molecule has 5 nitrogen and oxygen atoms in total. The second-order valence-electron chi connectivity index (χ2n) is 5.94. The second kappa shape index (κ2) is 8.60. The number of nitrogens with one attached hydrogen (secondary N) is 1. The maximum absolute atomic E-state index is 11.4. The summed E-state index contributed by atoms with van der Waals surface area (Å²) in [6.07, 6.45) is 4.58. The Labute approximate surface area is 122 Å². The Balaban J connectivity index is 2.29. The van der Waals surface area contributed by atoms with E-state index in [0.717, 1.165) is 39.1 Å². The predicted molar refractivity (Wildman–Crippen MR) is 80.0 cm³/mol. The summed E-state index contributed by atoms with van der Waals surface area (Å²) >= 11 is 0. The third-order valence-corrected chi connectivity index (χ3v) is 4.46. The zero-order chi connectivity index (χ0) is 15.0. The molecule has 0 aromatic heterocycles. The SMILES string of the molecule is CCC(CCCN(C)CC1CCCOC1)(NC)C(=O)O. The highest BCUT2D eigenvalue weighted by molar-refractivity contribution is 5.78.